The van der Waals surface area contributed by atoms with E-state index in [9.17, 15) is 4.79 Å². The highest BCUT2D eigenvalue weighted by Gasteiger charge is 1.99. The number of carbonyl (C=O) groups is 1. The number of carboxylic acid groups (broad SMARTS) is 1. The van der Waals surface area contributed by atoms with Gasteiger partial charge in [0, 0.05) is 11.4 Å². The van der Waals surface area contributed by atoms with Gasteiger partial charge in [-0.15, -0.1) is 0 Å². The van der Waals surface area contributed by atoms with E-state index in [0.717, 1.165) is 10.8 Å². The van der Waals surface area contributed by atoms with Crippen molar-refractivity contribution in [2.45, 2.75) is 0 Å². The minimum atomic E-state index is -1.07. The average Bonchev–Trinajstić information content (AvgIpc) is 2.17. The standard InChI is InChI=1S/C11H10N2O2/c12-9-3-1-8-6-10(13-11(14)15)4-2-7(8)5-9/h1-6,13H,12H2,(H,14,15). The molecule has 0 saturated heterocycles. The number of benzene rings is 2. The lowest BCUT2D eigenvalue weighted by molar-refractivity contribution is 0.210. The number of nitrogen functional groups attached to an aromatic ring is 1. The number of nitrogens with two attached hydrogens (primary N) is 1. The van der Waals surface area contributed by atoms with Gasteiger partial charge in [0.25, 0.3) is 0 Å². The number of amides is 1. The lowest BCUT2D eigenvalue weighted by Crippen LogP contribution is -2.06. The van der Waals surface area contributed by atoms with Crippen molar-refractivity contribution in [2.75, 3.05) is 11.1 Å². The Morgan fingerprint density at radius 1 is 1.13 bits per heavy atom. The normalized spacial score (nSPS) is 10.1. The Morgan fingerprint density at radius 3 is 2.53 bits per heavy atom. The Labute approximate surface area is 86.3 Å². The van der Waals surface area contributed by atoms with Crippen LogP contribution in [0.15, 0.2) is 36.4 Å². The molecule has 0 atom stereocenters. The maximum Gasteiger partial charge on any atom is 0.409 e. The van der Waals surface area contributed by atoms with E-state index in [1.54, 1.807) is 18.2 Å². The maximum absolute atomic E-state index is 10.4. The molecule has 0 fully saturated rings. The summed E-state index contributed by atoms with van der Waals surface area (Å²) in [4.78, 5) is 10.4. The summed E-state index contributed by atoms with van der Waals surface area (Å²) in [5.74, 6) is 0. The van der Waals surface area contributed by atoms with Gasteiger partial charge >= 0.3 is 6.09 Å². The first-order chi connectivity index (χ1) is 7.15. The molecule has 2 rings (SSSR count). The van der Waals surface area contributed by atoms with E-state index in [1.807, 2.05) is 18.2 Å². The molecule has 0 aliphatic heterocycles. The summed E-state index contributed by atoms with van der Waals surface area (Å²) in [7, 11) is 0. The minimum Gasteiger partial charge on any atom is -0.465 e. The first kappa shape index (κ1) is 9.33. The monoisotopic (exact) mass is 202 g/mol. The van der Waals surface area contributed by atoms with Crippen LogP contribution in [0.4, 0.5) is 16.2 Å². The Balaban J connectivity index is 2.47. The van der Waals surface area contributed by atoms with Crippen LogP contribution in [-0.2, 0) is 0 Å². The molecule has 2 aromatic rings. The second-order valence-corrected chi connectivity index (χ2v) is 3.25. The van der Waals surface area contributed by atoms with E-state index in [2.05, 4.69) is 5.32 Å². The molecule has 76 valence electrons. The van der Waals surface area contributed by atoms with Crippen LogP contribution >= 0.6 is 0 Å². The lowest BCUT2D eigenvalue weighted by atomic mass is 10.1. The van der Waals surface area contributed by atoms with Crippen LogP contribution in [-0.4, -0.2) is 11.2 Å². The quantitative estimate of drug-likeness (QED) is 0.622. The first-order valence-electron chi connectivity index (χ1n) is 4.44. The molecule has 4 heteroatoms. The molecule has 4 nitrogen and oxygen atoms in total. The highest BCUT2D eigenvalue weighted by molar-refractivity contribution is 5.91. The van der Waals surface area contributed by atoms with Gasteiger partial charge in [-0.05, 0) is 35.0 Å². The van der Waals surface area contributed by atoms with Crippen molar-refractivity contribution < 1.29 is 9.90 Å². The Kier molecular flexibility index (Phi) is 2.17. The highest BCUT2D eigenvalue weighted by Crippen LogP contribution is 2.21. The predicted octanol–water partition coefficient (Wildman–Crippen LogP) is 2.51. The Bertz CT molecular complexity index is 523. The maximum atomic E-state index is 10.4. The van der Waals surface area contributed by atoms with Crippen LogP contribution in [0, 0.1) is 0 Å². The molecule has 0 aliphatic carbocycles. The minimum absolute atomic E-state index is 0.555. The topological polar surface area (TPSA) is 75.3 Å². The Morgan fingerprint density at radius 2 is 1.80 bits per heavy atom. The summed E-state index contributed by atoms with van der Waals surface area (Å²) in [6.45, 7) is 0. The van der Waals surface area contributed by atoms with Gasteiger partial charge in [0.2, 0.25) is 0 Å². The zero-order chi connectivity index (χ0) is 10.8. The molecule has 0 unspecified atom stereocenters. The highest BCUT2D eigenvalue weighted by atomic mass is 16.4. The van der Waals surface area contributed by atoms with Crippen molar-refractivity contribution in [1.29, 1.82) is 0 Å². The van der Waals surface area contributed by atoms with Crippen LogP contribution in [0.2, 0.25) is 0 Å². The van der Waals surface area contributed by atoms with E-state index in [0.29, 0.717) is 11.4 Å². The van der Waals surface area contributed by atoms with Gasteiger partial charge in [-0.1, -0.05) is 12.1 Å². The molecule has 0 radical (unpaired) electrons. The van der Waals surface area contributed by atoms with Crippen molar-refractivity contribution in [1.82, 2.24) is 0 Å². The molecule has 0 heterocycles. The van der Waals surface area contributed by atoms with Crippen molar-refractivity contribution in [3.05, 3.63) is 36.4 Å². The van der Waals surface area contributed by atoms with Crippen molar-refractivity contribution in [2.24, 2.45) is 0 Å². The van der Waals surface area contributed by atoms with E-state index < -0.39 is 6.09 Å². The number of rotatable bonds is 1. The van der Waals surface area contributed by atoms with E-state index in [4.69, 9.17) is 10.8 Å². The number of fused-ring (bicyclic) bond motifs is 1. The van der Waals surface area contributed by atoms with Gasteiger partial charge in [-0.2, -0.15) is 0 Å². The number of anilines is 2. The van der Waals surface area contributed by atoms with Crippen LogP contribution in [0.1, 0.15) is 0 Å². The number of nitrogens with one attached hydrogen (secondary N) is 1. The van der Waals surface area contributed by atoms with Crippen LogP contribution in [0.25, 0.3) is 10.8 Å². The summed E-state index contributed by atoms with van der Waals surface area (Å²) in [6, 6.07) is 10.8. The summed E-state index contributed by atoms with van der Waals surface area (Å²) in [5.41, 5.74) is 6.88. The van der Waals surface area contributed by atoms with Crippen LogP contribution in [0.3, 0.4) is 0 Å². The molecule has 4 N–H and O–H groups in total. The molecule has 2 aromatic carbocycles. The zero-order valence-electron chi connectivity index (χ0n) is 7.90. The third kappa shape index (κ3) is 1.99. The lowest BCUT2D eigenvalue weighted by Gasteiger charge is -2.03. The van der Waals surface area contributed by atoms with Crippen LogP contribution < -0.4 is 11.1 Å². The molecule has 0 bridgehead atoms. The summed E-state index contributed by atoms with van der Waals surface area (Å²) < 4.78 is 0. The van der Waals surface area contributed by atoms with Gasteiger partial charge < -0.3 is 10.8 Å². The molecule has 0 spiro atoms. The van der Waals surface area contributed by atoms with Gasteiger partial charge in [-0.3, -0.25) is 5.32 Å². The molecule has 15 heavy (non-hydrogen) atoms. The summed E-state index contributed by atoms with van der Waals surface area (Å²) >= 11 is 0. The molecule has 0 saturated carbocycles. The smallest absolute Gasteiger partial charge is 0.409 e. The SMILES string of the molecule is Nc1ccc2cc(NC(=O)O)ccc2c1. The van der Waals surface area contributed by atoms with E-state index in [1.165, 1.54) is 0 Å². The first-order valence-corrected chi connectivity index (χ1v) is 4.44. The fourth-order valence-corrected chi connectivity index (χ4v) is 1.47. The second-order valence-electron chi connectivity index (χ2n) is 3.25. The average molecular weight is 202 g/mol. The zero-order valence-corrected chi connectivity index (χ0v) is 7.90. The van der Waals surface area contributed by atoms with Crippen molar-refractivity contribution in [3.63, 3.8) is 0 Å². The van der Waals surface area contributed by atoms with Gasteiger partial charge in [0.15, 0.2) is 0 Å². The van der Waals surface area contributed by atoms with Crippen molar-refractivity contribution >= 4 is 28.2 Å². The number of hydrogen-bond acceptors (Lipinski definition) is 2. The molecule has 1 amide bonds. The van der Waals surface area contributed by atoms with E-state index in [-0.39, 0.29) is 0 Å². The molecule has 0 aromatic heterocycles. The molecule has 0 aliphatic rings. The third-order valence-electron chi connectivity index (χ3n) is 2.12. The van der Waals surface area contributed by atoms with Gasteiger partial charge in [0.05, 0.1) is 0 Å². The van der Waals surface area contributed by atoms with Gasteiger partial charge in [-0.25, -0.2) is 4.79 Å². The van der Waals surface area contributed by atoms with E-state index >= 15 is 0 Å². The fourth-order valence-electron chi connectivity index (χ4n) is 1.47. The summed E-state index contributed by atoms with van der Waals surface area (Å²) in [6.07, 6.45) is -1.07. The third-order valence-corrected chi connectivity index (χ3v) is 2.12. The number of hydrogen-bond donors (Lipinski definition) is 3. The predicted molar refractivity (Wildman–Crippen MR) is 60.0 cm³/mol. The summed E-state index contributed by atoms with van der Waals surface area (Å²) in [5, 5.41) is 12.8. The van der Waals surface area contributed by atoms with Crippen molar-refractivity contribution in [3.8, 4) is 0 Å². The van der Waals surface area contributed by atoms with Crippen LogP contribution in [0.5, 0.6) is 0 Å². The molecular formula is C11H10N2O2. The molecular weight excluding hydrogens is 192 g/mol. The Hall–Kier alpha value is -2.23. The fraction of sp³-hybridized carbons (Fsp3) is 0. The van der Waals surface area contributed by atoms with Gasteiger partial charge in [0.1, 0.15) is 0 Å². The second kappa shape index (κ2) is 3.49. The largest absolute Gasteiger partial charge is 0.465 e.